The maximum atomic E-state index is 13.4. The number of halogens is 3. The molecular weight excluding hydrogens is 456 g/mol. The Hall–Kier alpha value is -3.38. The van der Waals surface area contributed by atoms with Crippen LogP contribution in [0.5, 0.6) is 11.5 Å². The van der Waals surface area contributed by atoms with Crippen LogP contribution in [0.3, 0.4) is 0 Å². The van der Waals surface area contributed by atoms with Gasteiger partial charge in [-0.05, 0) is 59.7 Å². The number of nitrogens with one attached hydrogen (secondary N) is 1. The maximum Gasteiger partial charge on any atom is 0.383 e. The van der Waals surface area contributed by atoms with Crippen molar-refractivity contribution in [1.82, 2.24) is 14.9 Å². The van der Waals surface area contributed by atoms with E-state index in [0.717, 1.165) is 4.68 Å². The molecule has 0 bridgehead atoms. The first-order valence-corrected chi connectivity index (χ1v) is 9.31. The summed E-state index contributed by atoms with van der Waals surface area (Å²) < 4.78 is 38.4. The molecule has 0 aliphatic carbocycles. The molecule has 2 aromatic carbocycles. The van der Waals surface area contributed by atoms with Crippen molar-refractivity contribution in [2.75, 3.05) is 7.11 Å². The van der Waals surface area contributed by atoms with Gasteiger partial charge in [0.1, 0.15) is 18.1 Å². The van der Waals surface area contributed by atoms with Crippen LogP contribution in [-0.2, 0) is 12.0 Å². The lowest BCUT2D eigenvalue weighted by Crippen LogP contribution is -2.11. The molecule has 0 fully saturated rings. The highest BCUT2D eigenvalue weighted by atomic mass is 35.5. The van der Waals surface area contributed by atoms with E-state index >= 15 is 0 Å². The minimum atomic E-state index is -3.76. The first-order chi connectivity index (χ1) is 14.7. The number of nitrogens with zero attached hydrogens (tertiary/aromatic N) is 4. The number of methoxy groups -OCH3 is 1. The van der Waals surface area contributed by atoms with Crippen molar-refractivity contribution in [2.24, 2.45) is 5.10 Å². The molecule has 0 spiro atoms. The van der Waals surface area contributed by atoms with Crippen molar-refractivity contribution in [3.63, 3.8) is 0 Å². The fraction of sp³-hybridized carbons (Fsp3) is 0.167. The van der Waals surface area contributed by atoms with E-state index < -0.39 is 16.1 Å². The van der Waals surface area contributed by atoms with Gasteiger partial charge >= 0.3 is 5.38 Å². The molecule has 0 unspecified atom stereocenters. The summed E-state index contributed by atoms with van der Waals surface area (Å²) >= 11 is 9.92. The van der Waals surface area contributed by atoms with E-state index in [1.54, 1.807) is 18.2 Å². The van der Waals surface area contributed by atoms with E-state index in [0.29, 0.717) is 22.6 Å². The van der Waals surface area contributed by atoms with Crippen molar-refractivity contribution < 1.29 is 23.2 Å². The minimum absolute atomic E-state index is 0.0529. The van der Waals surface area contributed by atoms with Crippen LogP contribution < -0.4 is 9.47 Å². The second-order valence-corrected chi connectivity index (χ2v) is 6.88. The molecule has 0 saturated heterocycles. The molecule has 9 nitrogen and oxygen atoms in total. The zero-order valence-corrected chi connectivity index (χ0v) is 17.4. The molecule has 13 heteroatoms. The maximum absolute atomic E-state index is 13.4. The number of aromatic amines is 1. The van der Waals surface area contributed by atoms with Gasteiger partial charge < -0.3 is 9.47 Å². The van der Waals surface area contributed by atoms with Gasteiger partial charge in [0.15, 0.2) is 0 Å². The first kappa shape index (κ1) is 22.3. The fourth-order valence-corrected chi connectivity index (χ4v) is 2.83. The molecule has 1 N–H and O–H groups in total. The van der Waals surface area contributed by atoms with Crippen LogP contribution in [0.2, 0.25) is 0 Å². The molecule has 1 aromatic heterocycles. The minimum Gasteiger partial charge on any atom is -0.496 e. The molecule has 1 heterocycles. The summed E-state index contributed by atoms with van der Waals surface area (Å²) in [6, 6.07) is 10.6. The molecule has 162 valence electrons. The molecule has 0 aliphatic heterocycles. The van der Waals surface area contributed by atoms with Gasteiger partial charge in [-0.25, -0.2) is 5.10 Å². The van der Waals surface area contributed by atoms with E-state index in [9.17, 15) is 18.9 Å². The van der Waals surface area contributed by atoms with Crippen LogP contribution in [0.4, 0.5) is 14.5 Å². The molecule has 0 amide bonds. The predicted molar refractivity (Wildman–Crippen MR) is 111 cm³/mol. The Labute approximate surface area is 184 Å². The summed E-state index contributed by atoms with van der Waals surface area (Å²) in [5.41, 5.74) is 1.11. The van der Waals surface area contributed by atoms with Crippen molar-refractivity contribution in [1.29, 1.82) is 0 Å². The SMILES string of the molecule is COc1ccc(/C=N\n2c(C(F)(F)Cl)n[nH]c2=S)cc1COc1ccc([N+](=O)[O-])cc1. The number of alkyl halides is 3. The number of ether oxygens (including phenoxy) is 2. The van der Waals surface area contributed by atoms with Gasteiger partial charge in [0.05, 0.1) is 18.2 Å². The number of hydrogen-bond acceptors (Lipinski definition) is 7. The van der Waals surface area contributed by atoms with Crippen molar-refractivity contribution in [3.05, 3.63) is 74.3 Å². The zero-order valence-electron chi connectivity index (χ0n) is 15.8. The summed E-state index contributed by atoms with van der Waals surface area (Å²) in [6.07, 6.45) is 1.30. The molecular formula is C18H14ClF2N5O4S. The van der Waals surface area contributed by atoms with E-state index in [-0.39, 0.29) is 17.1 Å². The Morgan fingerprint density at radius 2 is 2.06 bits per heavy atom. The quantitative estimate of drug-likeness (QED) is 0.170. The Balaban J connectivity index is 1.81. The number of benzene rings is 2. The Morgan fingerprint density at radius 1 is 1.35 bits per heavy atom. The largest absolute Gasteiger partial charge is 0.496 e. The lowest BCUT2D eigenvalue weighted by atomic mass is 10.1. The monoisotopic (exact) mass is 469 g/mol. The Bertz CT molecular complexity index is 1170. The topological polar surface area (TPSA) is 108 Å². The van der Waals surface area contributed by atoms with Gasteiger partial charge in [0, 0.05) is 17.7 Å². The molecule has 3 rings (SSSR count). The summed E-state index contributed by atoms with van der Waals surface area (Å²) in [7, 11) is 1.48. The number of nitro groups is 1. The molecule has 3 aromatic rings. The molecule has 0 aliphatic rings. The Kier molecular flexibility index (Phi) is 6.61. The van der Waals surface area contributed by atoms with Gasteiger partial charge in [-0.15, -0.1) is 5.10 Å². The number of rotatable bonds is 8. The van der Waals surface area contributed by atoms with E-state index in [2.05, 4.69) is 15.3 Å². The van der Waals surface area contributed by atoms with Gasteiger partial charge in [0.25, 0.3) is 5.69 Å². The van der Waals surface area contributed by atoms with Crippen LogP contribution in [0.25, 0.3) is 0 Å². The molecule has 31 heavy (non-hydrogen) atoms. The standard InChI is InChI=1S/C18H14ClF2N5O4S/c1-29-15-7-2-11(9-22-25-16(18(19,20)21)23-24-17(25)31)8-12(15)10-30-14-5-3-13(4-6-14)26(27)28/h2-9H,10H2,1H3,(H,24,31)/b22-9-. The highest BCUT2D eigenvalue weighted by molar-refractivity contribution is 7.71. The lowest BCUT2D eigenvalue weighted by molar-refractivity contribution is -0.384. The highest BCUT2D eigenvalue weighted by Crippen LogP contribution is 2.30. The van der Waals surface area contributed by atoms with Crippen LogP contribution in [0.15, 0.2) is 47.6 Å². The number of H-pyrrole nitrogens is 1. The second-order valence-electron chi connectivity index (χ2n) is 6.02. The van der Waals surface area contributed by atoms with E-state index in [1.165, 1.54) is 37.6 Å². The van der Waals surface area contributed by atoms with Crippen LogP contribution in [0.1, 0.15) is 17.0 Å². The number of non-ortho nitro benzene ring substituents is 1. The Morgan fingerprint density at radius 3 is 2.68 bits per heavy atom. The summed E-state index contributed by atoms with van der Waals surface area (Å²) in [4.78, 5) is 10.2. The zero-order chi connectivity index (χ0) is 22.6. The van der Waals surface area contributed by atoms with Crippen LogP contribution in [0, 0.1) is 14.9 Å². The van der Waals surface area contributed by atoms with Crippen molar-refractivity contribution in [2.45, 2.75) is 12.0 Å². The van der Waals surface area contributed by atoms with Crippen molar-refractivity contribution in [3.8, 4) is 11.5 Å². The smallest absolute Gasteiger partial charge is 0.383 e. The number of aromatic nitrogens is 3. The molecule has 0 saturated carbocycles. The average molecular weight is 470 g/mol. The lowest BCUT2D eigenvalue weighted by Gasteiger charge is -2.11. The normalized spacial score (nSPS) is 11.6. The third-order valence-electron chi connectivity index (χ3n) is 3.97. The van der Waals surface area contributed by atoms with Crippen molar-refractivity contribution >= 4 is 35.7 Å². The number of hydrogen-bond donors (Lipinski definition) is 1. The molecule has 0 atom stereocenters. The summed E-state index contributed by atoms with van der Waals surface area (Å²) in [5.74, 6) is 0.100. The van der Waals surface area contributed by atoms with Gasteiger partial charge in [-0.1, -0.05) is 0 Å². The first-order valence-electron chi connectivity index (χ1n) is 8.52. The van der Waals surface area contributed by atoms with Gasteiger partial charge in [0.2, 0.25) is 10.6 Å². The third kappa shape index (κ3) is 5.41. The summed E-state index contributed by atoms with van der Waals surface area (Å²) in [6.45, 7) is 0.0821. The van der Waals surface area contributed by atoms with Gasteiger partial charge in [-0.3, -0.25) is 10.1 Å². The predicted octanol–water partition coefficient (Wildman–Crippen LogP) is 4.61. The van der Waals surface area contributed by atoms with E-state index in [1.807, 2.05) is 0 Å². The second kappa shape index (κ2) is 9.18. The molecule has 0 radical (unpaired) electrons. The fourth-order valence-electron chi connectivity index (χ4n) is 2.52. The summed E-state index contributed by atoms with van der Waals surface area (Å²) in [5, 5.41) is 16.5. The van der Waals surface area contributed by atoms with E-state index in [4.69, 9.17) is 33.3 Å². The average Bonchev–Trinajstić information content (AvgIpc) is 3.12. The third-order valence-corrected chi connectivity index (χ3v) is 4.41. The van der Waals surface area contributed by atoms with Crippen LogP contribution >= 0.6 is 23.8 Å². The number of nitro benzene ring substituents is 1. The highest BCUT2D eigenvalue weighted by Gasteiger charge is 2.35. The van der Waals surface area contributed by atoms with Crippen LogP contribution in [-0.4, -0.2) is 33.1 Å². The van der Waals surface area contributed by atoms with Gasteiger partial charge in [-0.2, -0.15) is 18.6 Å².